The molecule has 0 spiro atoms. The SMILES string of the molecule is C[C@]12CCC(OCCO)CC1CC[C@@H]1[C@H]2CC[C@]2(C)C(=O)CC[C@@H]12. The maximum Gasteiger partial charge on any atom is 0.139 e. The smallest absolute Gasteiger partial charge is 0.139 e. The van der Waals surface area contributed by atoms with Crippen molar-refractivity contribution in [1.82, 2.24) is 0 Å². The number of aliphatic hydroxyl groups excluding tert-OH is 1. The summed E-state index contributed by atoms with van der Waals surface area (Å²) in [5.41, 5.74) is 0.459. The van der Waals surface area contributed by atoms with Crippen molar-refractivity contribution < 1.29 is 14.6 Å². The van der Waals surface area contributed by atoms with Crippen LogP contribution in [0.5, 0.6) is 0 Å². The van der Waals surface area contributed by atoms with E-state index in [0.29, 0.717) is 29.8 Å². The summed E-state index contributed by atoms with van der Waals surface area (Å²) in [6.07, 6.45) is 11.0. The standard InChI is InChI=1S/C21H34O3/c1-20-9-7-15(24-12-11-22)13-14(20)3-4-16-17-5-6-19(23)21(17,2)10-8-18(16)20/h14-18,22H,3-13H2,1-2H3/t14?,15?,16-,17-,18+,20-,21-/m0/s1. The van der Waals surface area contributed by atoms with Crippen LogP contribution in [0, 0.1) is 34.5 Å². The van der Waals surface area contributed by atoms with Gasteiger partial charge < -0.3 is 9.84 Å². The Morgan fingerprint density at radius 1 is 1.08 bits per heavy atom. The van der Waals surface area contributed by atoms with Crippen molar-refractivity contribution in [3.8, 4) is 0 Å². The van der Waals surface area contributed by atoms with Gasteiger partial charge in [0.05, 0.1) is 19.3 Å². The molecule has 1 N–H and O–H groups in total. The van der Waals surface area contributed by atoms with Gasteiger partial charge in [0.25, 0.3) is 0 Å². The fourth-order valence-electron chi connectivity index (χ4n) is 7.36. The Morgan fingerprint density at radius 3 is 2.71 bits per heavy atom. The van der Waals surface area contributed by atoms with Crippen LogP contribution >= 0.6 is 0 Å². The van der Waals surface area contributed by atoms with Crippen molar-refractivity contribution in [2.24, 2.45) is 34.5 Å². The highest BCUT2D eigenvalue weighted by molar-refractivity contribution is 5.87. The second-order valence-corrected chi connectivity index (χ2v) is 9.57. The lowest BCUT2D eigenvalue weighted by Gasteiger charge is -2.60. The van der Waals surface area contributed by atoms with E-state index in [-0.39, 0.29) is 12.0 Å². The monoisotopic (exact) mass is 334 g/mol. The predicted octanol–water partition coefficient (Wildman–Crippen LogP) is 3.98. The second-order valence-electron chi connectivity index (χ2n) is 9.57. The number of hydrogen-bond acceptors (Lipinski definition) is 3. The van der Waals surface area contributed by atoms with Crippen LogP contribution in [0.4, 0.5) is 0 Å². The van der Waals surface area contributed by atoms with Crippen LogP contribution in [0.15, 0.2) is 0 Å². The summed E-state index contributed by atoms with van der Waals surface area (Å²) >= 11 is 0. The van der Waals surface area contributed by atoms with Crippen LogP contribution in [-0.4, -0.2) is 30.2 Å². The van der Waals surface area contributed by atoms with Crippen LogP contribution in [0.1, 0.15) is 71.6 Å². The van der Waals surface area contributed by atoms with Crippen LogP contribution in [-0.2, 0) is 9.53 Å². The van der Waals surface area contributed by atoms with Crippen molar-refractivity contribution in [2.45, 2.75) is 77.7 Å². The lowest BCUT2D eigenvalue weighted by molar-refractivity contribution is -0.145. The number of carbonyl (C=O) groups excluding carboxylic acids is 1. The summed E-state index contributed by atoms with van der Waals surface area (Å²) in [4.78, 5) is 12.5. The zero-order chi connectivity index (χ0) is 16.9. The van der Waals surface area contributed by atoms with E-state index in [1.165, 1.54) is 32.1 Å². The third-order valence-corrected chi connectivity index (χ3v) is 8.77. The summed E-state index contributed by atoms with van der Waals surface area (Å²) in [6.45, 7) is 5.45. The summed E-state index contributed by atoms with van der Waals surface area (Å²) < 4.78 is 5.87. The molecule has 0 amide bonds. The molecule has 2 unspecified atom stereocenters. The van der Waals surface area contributed by atoms with E-state index >= 15 is 0 Å². The summed E-state index contributed by atoms with van der Waals surface area (Å²) in [5.74, 6) is 3.59. The highest BCUT2D eigenvalue weighted by Gasteiger charge is 2.60. The Morgan fingerprint density at radius 2 is 1.92 bits per heavy atom. The molecule has 0 bridgehead atoms. The molecule has 0 aromatic rings. The Hall–Kier alpha value is -0.410. The minimum absolute atomic E-state index is 0.00576. The molecule has 4 aliphatic carbocycles. The van der Waals surface area contributed by atoms with E-state index in [9.17, 15) is 4.79 Å². The molecule has 4 fully saturated rings. The number of rotatable bonds is 3. The minimum Gasteiger partial charge on any atom is -0.394 e. The van der Waals surface area contributed by atoms with E-state index in [1.807, 2.05) is 0 Å². The quantitative estimate of drug-likeness (QED) is 0.849. The van der Waals surface area contributed by atoms with Crippen molar-refractivity contribution in [3.63, 3.8) is 0 Å². The lowest BCUT2D eigenvalue weighted by Crippen LogP contribution is -2.54. The molecular formula is C21H34O3. The van der Waals surface area contributed by atoms with Gasteiger partial charge in [-0.05, 0) is 80.5 Å². The van der Waals surface area contributed by atoms with Gasteiger partial charge in [-0.2, -0.15) is 0 Å². The van der Waals surface area contributed by atoms with E-state index in [0.717, 1.165) is 43.4 Å². The molecule has 4 rings (SSSR count). The van der Waals surface area contributed by atoms with Gasteiger partial charge in [0, 0.05) is 11.8 Å². The number of aliphatic hydroxyl groups is 1. The maximum atomic E-state index is 12.5. The highest BCUT2D eigenvalue weighted by Crippen LogP contribution is 2.65. The Labute approximate surface area is 146 Å². The van der Waals surface area contributed by atoms with Gasteiger partial charge in [-0.1, -0.05) is 13.8 Å². The Bertz CT molecular complexity index is 503. The lowest BCUT2D eigenvalue weighted by atomic mass is 9.45. The molecule has 24 heavy (non-hydrogen) atoms. The number of ketones is 1. The van der Waals surface area contributed by atoms with Gasteiger partial charge in [-0.25, -0.2) is 0 Å². The van der Waals surface area contributed by atoms with Gasteiger partial charge >= 0.3 is 0 Å². The summed E-state index contributed by atoms with van der Waals surface area (Å²) in [6, 6.07) is 0. The molecule has 0 aromatic carbocycles. The minimum atomic E-state index is 0.00576. The van der Waals surface area contributed by atoms with Gasteiger partial charge in [0.1, 0.15) is 5.78 Å². The molecule has 7 atom stereocenters. The van der Waals surface area contributed by atoms with Gasteiger partial charge in [-0.15, -0.1) is 0 Å². The fraction of sp³-hybridized carbons (Fsp3) is 0.952. The van der Waals surface area contributed by atoms with E-state index in [1.54, 1.807) is 0 Å². The molecular weight excluding hydrogens is 300 g/mol. The van der Waals surface area contributed by atoms with E-state index in [2.05, 4.69) is 13.8 Å². The largest absolute Gasteiger partial charge is 0.394 e. The van der Waals surface area contributed by atoms with Crippen molar-refractivity contribution in [2.75, 3.05) is 13.2 Å². The molecule has 0 radical (unpaired) electrons. The highest BCUT2D eigenvalue weighted by atomic mass is 16.5. The molecule has 0 aromatic heterocycles. The van der Waals surface area contributed by atoms with Crippen molar-refractivity contribution in [1.29, 1.82) is 0 Å². The first kappa shape index (κ1) is 17.0. The maximum absolute atomic E-state index is 12.5. The normalized spacial score (nSPS) is 51.0. The Balaban J connectivity index is 1.51. The molecule has 3 nitrogen and oxygen atoms in total. The number of fused-ring (bicyclic) bond motifs is 5. The van der Waals surface area contributed by atoms with E-state index in [4.69, 9.17) is 9.84 Å². The zero-order valence-electron chi connectivity index (χ0n) is 15.4. The molecule has 4 saturated carbocycles. The average molecular weight is 335 g/mol. The van der Waals surface area contributed by atoms with Crippen molar-refractivity contribution in [3.05, 3.63) is 0 Å². The number of hydrogen-bond donors (Lipinski definition) is 1. The second kappa shape index (κ2) is 6.09. The molecule has 0 heterocycles. The van der Waals surface area contributed by atoms with Gasteiger partial charge in [-0.3, -0.25) is 4.79 Å². The number of ether oxygens (including phenoxy) is 1. The van der Waals surface area contributed by atoms with Crippen LogP contribution < -0.4 is 0 Å². The average Bonchev–Trinajstić information content (AvgIpc) is 2.88. The number of carbonyl (C=O) groups is 1. The first-order valence-electron chi connectivity index (χ1n) is 10.2. The molecule has 0 saturated heterocycles. The molecule has 3 heteroatoms. The van der Waals surface area contributed by atoms with Crippen LogP contribution in [0.3, 0.4) is 0 Å². The van der Waals surface area contributed by atoms with E-state index < -0.39 is 0 Å². The molecule has 4 aliphatic rings. The predicted molar refractivity (Wildman–Crippen MR) is 93.6 cm³/mol. The van der Waals surface area contributed by atoms with Crippen LogP contribution in [0.2, 0.25) is 0 Å². The van der Waals surface area contributed by atoms with Crippen LogP contribution in [0.25, 0.3) is 0 Å². The molecule has 0 aliphatic heterocycles. The third kappa shape index (κ3) is 2.41. The zero-order valence-corrected chi connectivity index (χ0v) is 15.4. The topological polar surface area (TPSA) is 46.5 Å². The summed E-state index contributed by atoms with van der Waals surface area (Å²) in [7, 11) is 0. The van der Waals surface area contributed by atoms with Gasteiger partial charge in [0.15, 0.2) is 0 Å². The third-order valence-electron chi connectivity index (χ3n) is 8.77. The first-order chi connectivity index (χ1) is 11.5. The van der Waals surface area contributed by atoms with Gasteiger partial charge in [0.2, 0.25) is 0 Å². The van der Waals surface area contributed by atoms with Crippen molar-refractivity contribution >= 4 is 5.78 Å². The molecule has 136 valence electrons. The first-order valence-corrected chi connectivity index (χ1v) is 10.2. The fourth-order valence-corrected chi connectivity index (χ4v) is 7.36. The number of Topliss-reactive ketones (excluding diaryl/α,β-unsaturated/α-hetero) is 1. The summed E-state index contributed by atoms with van der Waals surface area (Å²) in [5, 5.41) is 9.01. The Kier molecular flexibility index (Phi) is 4.32.